The van der Waals surface area contributed by atoms with Gasteiger partial charge in [0.25, 0.3) is 0 Å². The van der Waals surface area contributed by atoms with Crippen LogP contribution in [-0.4, -0.2) is 12.0 Å². The number of aromatic amines is 1. The molecule has 3 rings (SSSR count). The van der Waals surface area contributed by atoms with Crippen molar-refractivity contribution in [1.29, 1.82) is 0 Å². The van der Waals surface area contributed by atoms with Crippen molar-refractivity contribution in [2.45, 2.75) is 6.92 Å². The molecule has 0 radical (unpaired) electrons. The maximum absolute atomic E-state index is 4.16. The van der Waals surface area contributed by atoms with Gasteiger partial charge in [-0.15, -0.1) is 0 Å². The molecular formula is C22H23N3. The van der Waals surface area contributed by atoms with Gasteiger partial charge in [-0.2, -0.15) is 0 Å². The van der Waals surface area contributed by atoms with E-state index < -0.39 is 0 Å². The number of hydrogen-bond acceptors (Lipinski definition) is 2. The summed E-state index contributed by atoms with van der Waals surface area (Å²) in [7, 11) is 1.87. The third kappa shape index (κ3) is 3.22. The van der Waals surface area contributed by atoms with Crippen molar-refractivity contribution in [3.8, 4) is 0 Å². The molecule has 0 saturated heterocycles. The lowest BCUT2D eigenvalue weighted by Crippen LogP contribution is -2.25. The molecule has 3 nitrogen and oxygen atoms in total. The van der Waals surface area contributed by atoms with E-state index >= 15 is 0 Å². The zero-order valence-corrected chi connectivity index (χ0v) is 14.7. The van der Waals surface area contributed by atoms with Gasteiger partial charge in [0.1, 0.15) is 0 Å². The Bertz CT molecular complexity index is 1050. The monoisotopic (exact) mass is 329 g/mol. The van der Waals surface area contributed by atoms with Gasteiger partial charge in [0.2, 0.25) is 0 Å². The van der Waals surface area contributed by atoms with E-state index in [0.29, 0.717) is 0 Å². The van der Waals surface area contributed by atoms with Gasteiger partial charge in [0.05, 0.1) is 0 Å². The van der Waals surface area contributed by atoms with Crippen LogP contribution in [0.5, 0.6) is 0 Å². The van der Waals surface area contributed by atoms with Crippen molar-refractivity contribution in [3.05, 3.63) is 77.3 Å². The summed E-state index contributed by atoms with van der Waals surface area (Å²) < 4.78 is 0. The Morgan fingerprint density at radius 3 is 2.48 bits per heavy atom. The molecule has 0 spiro atoms. The first-order valence-electron chi connectivity index (χ1n) is 8.21. The van der Waals surface area contributed by atoms with E-state index in [0.717, 1.165) is 49.7 Å². The predicted octanol–water partition coefficient (Wildman–Crippen LogP) is 3.65. The molecule has 0 bridgehead atoms. The van der Waals surface area contributed by atoms with Crippen LogP contribution in [0, 0.1) is 0 Å². The fourth-order valence-electron chi connectivity index (χ4n) is 3.00. The summed E-state index contributed by atoms with van der Waals surface area (Å²) in [6.07, 6.45) is 1.86. The van der Waals surface area contributed by atoms with E-state index in [9.17, 15) is 0 Å². The second kappa shape index (κ2) is 6.73. The molecule has 0 unspecified atom stereocenters. The van der Waals surface area contributed by atoms with Gasteiger partial charge in [-0.05, 0) is 42.3 Å². The molecule has 25 heavy (non-hydrogen) atoms. The number of anilines is 1. The van der Waals surface area contributed by atoms with E-state index in [1.807, 2.05) is 43.5 Å². The Morgan fingerprint density at radius 2 is 1.84 bits per heavy atom. The highest BCUT2D eigenvalue weighted by atomic mass is 14.9. The lowest BCUT2D eigenvalue weighted by Gasteiger charge is -2.09. The van der Waals surface area contributed by atoms with Crippen molar-refractivity contribution in [3.63, 3.8) is 0 Å². The number of nitrogens with one attached hydrogen (secondary N) is 3. The number of benzene rings is 2. The highest BCUT2D eigenvalue weighted by Crippen LogP contribution is 2.16. The second-order valence-electron chi connectivity index (χ2n) is 6.04. The molecule has 2 aromatic carbocycles. The molecule has 0 aliphatic carbocycles. The van der Waals surface area contributed by atoms with Crippen LogP contribution in [0.4, 0.5) is 5.69 Å². The lowest BCUT2D eigenvalue weighted by molar-refractivity contribution is 1.13. The van der Waals surface area contributed by atoms with Crippen molar-refractivity contribution in [2.24, 2.45) is 0 Å². The lowest BCUT2D eigenvalue weighted by atomic mass is 10.1. The average Bonchev–Trinajstić information content (AvgIpc) is 2.96. The van der Waals surface area contributed by atoms with Gasteiger partial charge >= 0.3 is 0 Å². The third-order valence-corrected chi connectivity index (χ3v) is 4.38. The zero-order chi connectivity index (χ0) is 18.0. The fourth-order valence-corrected chi connectivity index (χ4v) is 3.00. The quantitative estimate of drug-likeness (QED) is 0.669. The summed E-state index contributed by atoms with van der Waals surface area (Å²) in [4.78, 5) is 3.35. The molecule has 0 aliphatic rings. The van der Waals surface area contributed by atoms with E-state index in [2.05, 4.69) is 54.4 Å². The van der Waals surface area contributed by atoms with Gasteiger partial charge in [0, 0.05) is 45.6 Å². The van der Waals surface area contributed by atoms with Crippen molar-refractivity contribution < 1.29 is 0 Å². The smallest absolute Gasteiger partial charge is 0.0465 e. The minimum atomic E-state index is 0.904. The van der Waals surface area contributed by atoms with Gasteiger partial charge in [0.15, 0.2) is 0 Å². The first-order chi connectivity index (χ1) is 12.0. The van der Waals surface area contributed by atoms with Crippen LogP contribution in [0.3, 0.4) is 0 Å². The second-order valence-corrected chi connectivity index (χ2v) is 6.04. The molecule has 1 heterocycles. The highest BCUT2D eigenvalue weighted by Gasteiger charge is 2.04. The van der Waals surface area contributed by atoms with E-state index in [4.69, 9.17) is 0 Å². The van der Waals surface area contributed by atoms with Crippen LogP contribution >= 0.6 is 0 Å². The standard InChI is InChI=1S/C22H23N3/c1-6-17-7-12-21-20(13-17)22(16(4)25-21)15(3)24-19-10-8-18(9-11-19)14(2)23-5/h6-13,23-25H,1-2,4H2,3,5H3/b22-15+. The molecule has 3 N–H and O–H groups in total. The van der Waals surface area contributed by atoms with E-state index in [1.165, 1.54) is 0 Å². The summed E-state index contributed by atoms with van der Waals surface area (Å²) in [5, 5.41) is 9.69. The predicted molar refractivity (Wildman–Crippen MR) is 110 cm³/mol. The molecule has 0 fully saturated rings. The van der Waals surface area contributed by atoms with Crippen molar-refractivity contribution in [1.82, 2.24) is 10.3 Å². The summed E-state index contributed by atoms with van der Waals surface area (Å²) in [6, 6.07) is 14.4. The molecular weight excluding hydrogens is 306 g/mol. The Balaban J connectivity index is 2.04. The van der Waals surface area contributed by atoms with Crippen LogP contribution in [0.1, 0.15) is 18.1 Å². The topological polar surface area (TPSA) is 39.9 Å². The SMILES string of the molecule is C=Cc1ccc2[nH]c(=C)/c(=C(/C)Nc3ccc(C(=C)NC)cc3)c2c1. The number of H-pyrrole nitrogens is 1. The van der Waals surface area contributed by atoms with Gasteiger partial charge < -0.3 is 15.6 Å². The minimum Gasteiger partial charge on any atom is -0.388 e. The first-order valence-corrected chi connectivity index (χ1v) is 8.21. The summed E-state index contributed by atoms with van der Waals surface area (Å²) in [5.41, 5.74) is 6.23. The van der Waals surface area contributed by atoms with Gasteiger partial charge in [-0.1, -0.05) is 44.0 Å². The summed E-state index contributed by atoms with van der Waals surface area (Å²) >= 11 is 0. The first kappa shape index (κ1) is 16.7. The largest absolute Gasteiger partial charge is 0.388 e. The maximum Gasteiger partial charge on any atom is 0.0465 e. The fraction of sp³-hybridized carbons (Fsp3) is 0.0909. The average molecular weight is 329 g/mol. The van der Waals surface area contributed by atoms with Crippen molar-refractivity contribution in [2.75, 3.05) is 12.4 Å². The Labute approximate surface area is 148 Å². The molecule has 126 valence electrons. The molecule has 3 aromatic rings. The van der Waals surface area contributed by atoms with Crippen LogP contribution in [0.15, 0.2) is 55.6 Å². The number of rotatable bonds is 5. The minimum absolute atomic E-state index is 0.904. The van der Waals surface area contributed by atoms with Gasteiger partial charge in [-0.25, -0.2) is 0 Å². The maximum atomic E-state index is 4.16. The Kier molecular flexibility index (Phi) is 4.48. The zero-order valence-electron chi connectivity index (χ0n) is 14.7. The summed E-state index contributed by atoms with van der Waals surface area (Å²) in [5.74, 6) is 0. The van der Waals surface area contributed by atoms with Crippen molar-refractivity contribution >= 4 is 40.6 Å². The van der Waals surface area contributed by atoms with Crippen LogP contribution in [-0.2, 0) is 0 Å². The number of hydrogen-bond donors (Lipinski definition) is 3. The third-order valence-electron chi connectivity index (χ3n) is 4.38. The van der Waals surface area contributed by atoms with Gasteiger partial charge in [-0.3, -0.25) is 0 Å². The van der Waals surface area contributed by atoms with E-state index in [1.54, 1.807) is 0 Å². The number of fused-ring (bicyclic) bond motifs is 1. The molecule has 0 amide bonds. The van der Waals surface area contributed by atoms with E-state index in [-0.39, 0.29) is 0 Å². The molecule has 1 aromatic heterocycles. The Morgan fingerprint density at radius 1 is 1.12 bits per heavy atom. The summed E-state index contributed by atoms with van der Waals surface area (Å²) in [6.45, 7) is 14.1. The molecule has 0 saturated carbocycles. The highest BCUT2D eigenvalue weighted by molar-refractivity contribution is 5.85. The van der Waals surface area contributed by atoms with Crippen LogP contribution in [0.2, 0.25) is 0 Å². The normalized spacial score (nSPS) is 11.9. The molecule has 0 atom stereocenters. The van der Waals surface area contributed by atoms with Crippen LogP contribution in [0.25, 0.3) is 35.0 Å². The number of aromatic nitrogens is 1. The molecule has 0 aliphatic heterocycles. The Hall–Kier alpha value is -3.20. The molecule has 3 heteroatoms. The van der Waals surface area contributed by atoms with Crippen LogP contribution < -0.4 is 21.2 Å².